The van der Waals surface area contributed by atoms with Gasteiger partial charge in [-0.15, -0.1) is 0 Å². The SMILES string of the molecule is Nc1ncnc2c1ncn2[C@@H]1O[C@H](CN(CCCc2ccc3ccccc3c2)CCC[C@H](N)C(=O)O)[C@@H](O)[C@H]1O. The van der Waals surface area contributed by atoms with Gasteiger partial charge in [-0.25, -0.2) is 15.0 Å². The summed E-state index contributed by atoms with van der Waals surface area (Å²) in [6.07, 6.45) is 1.43. The van der Waals surface area contributed by atoms with Gasteiger partial charge < -0.3 is 36.4 Å². The maximum atomic E-state index is 11.2. The van der Waals surface area contributed by atoms with Crippen molar-refractivity contribution < 1.29 is 24.9 Å². The minimum atomic E-state index is -1.21. The molecule has 1 fully saturated rings. The summed E-state index contributed by atoms with van der Waals surface area (Å²) < 4.78 is 7.70. The van der Waals surface area contributed by atoms with Crippen LogP contribution in [0.1, 0.15) is 31.1 Å². The fourth-order valence-electron chi connectivity index (χ4n) is 5.27. The van der Waals surface area contributed by atoms with Crippen LogP contribution in [0, 0.1) is 0 Å². The Morgan fingerprint density at radius 3 is 2.62 bits per heavy atom. The standard InChI is InChI=1S/C28H35N7O5/c29-20(28(38)39)8-4-12-34(11-3-5-17-9-10-18-6-1-2-7-19(18)13-17)14-21-23(36)24(37)27(40-21)35-16-33-22-25(30)31-15-32-26(22)35/h1-2,6-7,9-10,13,15-16,20-21,23-24,27,36-37H,3-5,8,11-12,14,29H2,(H,38,39)(H2,30,31,32)/t20-,21+,23+,24+,27+/m0/s1. The number of fused-ring (bicyclic) bond motifs is 2. The van der Waals surface area contributed by atoms with Crippen LogP contribution in [0.4, 0.5) is 5.82 Å². The van der Waals surface area contributed by atoms with Crippen molar-refractivity contribution in [2.75, 3.05) is 25.4 Å². The molecule has 12 heteroatoms. The number of benzene rings is 2. The van der Waals surface area contributed by atoms with E-state index in [2.05, 4.69) is 50.2 Å². The maximum absolute atomic E-state index is 11.2. The van der Waals surface area contributed by atoms with Crippen LogP contribution in [0.5, 0.6) is 0 Å². The zero-order valence-electron chi connectivity index (χ0n) is 22.1. The Labute approximate surface area is 231 Å². The first-order valence-electron chi connectivity index (χ1n) is 13.4. The van der Waals surface area contributed by atoms with Crippen LogP contribution in [0.15, 0.2) is 55.1 Å². The average molecular weight is 550 g/mol. The number of aliphatic carboxylic acids is 1. The summed E-state index contributed by atoms with van der Waals surface area (Å²) in [6, 6.07) is 13.8. The number of ether oxygens (including phenoxy) is 1. The second-order valence-corrected chi connectivity index (χ2v) is 10.3. The van der Waals surface area contributed by atoms with Gasteiger partial charge in [0.2, 0.25) is 0 Å². The average Bonchev–Trinajstić information content (AvgIpc) is 3.50. The number of carboxylic acids is 1. The molecule has 2 aromatic heterocycles. The Bertz CT molecular complexity index is 1460. The molecule has 7 N–H and O–H groups in total. The third kappa shape index (κ3) is 6.06. The molecule has 0 aliphatic carbocycles. The van der Waals surface area contributed by atoms with Crippen molar-refractivity contribution >= 4 is 33.7 Å². The molecule has 2 aromatic carbocycles. The maximum Gasteiger partial charge on any atom is 0.320 e. The van der Waals surface area contributed by atoms with Crippen LogP contribution >= 0.6 is 0 Å². The molecule has 5 rings (SSSR count). The molecular formula is C28H35N7O5. The molecule has 1 saturated heterocycles. The fourth-order valence-corrected chi connectivity index (χ4v) is 5.27. The number of imidazole rings is 1. The van der Waals surface area contributed by atoms with E-state index in [0.717, 1.165) is 12.8 Å². The van der Waals surface area contributed by atoms with Gasteiger partial charge in [0, 0.05) is 6.54 Å². The predicted molar refractivity (Wildman–Crippen MR) is 149 cm³/mol. The molecule has 3 heterocycles. The first-order valence-corrected chi connectivity index (χ1v) is 13.4. The summed E-state index contributed by atoms with van der Waals surface area (Å²) >= 11 is 0. The molecule has 0 amide bonds. The summed E-state index contributed by atoms with van der Waals surface area (Å²) in [7, 11) is 0. The Morgan fingerprint density at radius 1 is 1.05 bits per heavy atom. The van der Waals surface area contributed by atoms with E-state index in [4.69, 9.17) is 21.3 Å². The number of rotatable bonds is 12. The van der Waals surface area contributed by atoms with E-state index in [1.807, 2.05) is 12.1 Å². The van der Waals surface area contributed by atoms with Gasteiger partial charge in [-0.3, -0.25) is 9.36 Å². The molecule has 1 aliphatic heterocycles. The Morgan fingerprint density at radius 2 is 1.82 bits per heavy atom. The van der Waals surface area contributed by atoms with Crippen molar-refractivity contribution in [2.45, 2.75) is 56.3 Å². The van der Waals surface area contributed by atoms with E-state index in [0.29, 0.717) is 43.6 Å². The van der Waals surface area contributed by atoms with Crippen molar-refractivity contribution in [1.29, 1.82) is 0 Å². The highest BCUT2D eigenvalue weighted by molar-refractivity contribution is 5.83. The lowest BCUT2D eigenvalue weighted by Gasteiger charge is -2.27. The molecular weight excluding hydrogens is 514 g/mol. The number of nitrogens with zero attached hydrogens (tertiary/aromatic N) is 5. The van der Waals surface area contributed by atoms with Gasteiger partial charge in [0.25, 0.3) is 0 Å². The second kappa shape index (κ2) is 12.2. The Kier molecular flexibility index (Phi) is 8.52. The van der Waals surface area contributed by atoms with Crippen LogP contribution < -0.4 is 11.5 Å². The lowest BCUT2D eigenvalue weighted by molar-refractivity contribution is -0.138. The van der Waals surface area contributed by atoms with Crippen LogP contribution in [0.2, 0.25) is 0 Å². The summed E-state index contributed by atoms with van der Waals surface area (Å²) in [5.41, 5.74) is 13.6. The van der Waals surface area contributed by atoms with Gasteiger partial charge in [0.1, 0.15) is 36.2 Å². The zero-order chi connectivity index (χ0) is 28.2. The van der Waals surface area contributed by atoms with E-state index >= 15 is 0 Å². The van der Waals surface area contributed by atoms with Crippen molar-refractivity contribution in [2.24, 2.45) is 5.73 Å². The fraction of sp³-hybridized carbons (Fsp3) is 0.429. The molecule has 4 aromatic rings. The molecule has 12 nitrogen and oxygen atoms in total. The molecule has 0 unspecified atom stereocenters. The van der Waals surface area contributed by atoms with Crippen molar-refractivity contribution in [3.8, 4) is 0 Å². The summed E-state index contributed by atoms with van der Waals surface area (Å²) in [4.78, 5) is 25.7. The molecule has 212 valence electrons. The molecule has 0 spiro atoms. The van der Waals surface area contributed by atoms with Gasteiger partial charge >= 0.3 is 5.97 Å². The van der Waals surface area contributed by atoms with Crippen LogP contribution in [-0.4, -0.2) is 89.7 Å². The topological polar surface area (TPSA) is 186 Å². The van der Waals surface area contributed by atoms with Crippen molar-refractivity contribution in [3.05, 3.63) is 60.7 Å². The number of aryl methyl sites for hydroxylation is 1. The van der Waals surface area contributed by atoms with Gasteiger partial charge in [0.05, 0.1) is 6.33 Å². The lowest BCUT2D eigenvalue weighted by Crippen LogP contribution is -2.41. The molecule has 0 saturated carbocycles. The number of hydrogen-bond donors (Lipinski definition) is 5. The number of carbonyl (C=O) groups is 1. The van der Waals surface area contributed by atoms with Gasteiger partial charge in [-0.2, -0.15) is 0 Å². The molecule has 5 atom stereocenters. The van der Waals surface area contributed by atoms with Gasteiger partial charge in [-0.05, 0) is 55.1 Å². The minimum Gasteiger partial charge on any atom is -0.480 e. The highest BCUT2D eigenvalue weighted by Crippen LogP contribution is 2.32. The quantitative estimate of drug-likeness (QED) is 0.171. The van der Waals surface area contributed by atoms with Crippen molar-refractivity contribution in [1.82, 2.24) is 24.4 Å². The van der Waals surface area contributed by atoms with Gasteiger partial charge in [0.15, 0.2) is 17.7 Å². The summed E-state index contributed by atoms with van der Waals surface area (Å²) in [6.45, 7) is 1.61. The largest absolute Gasteiger partial charge is 0.480 e. The predicted octanol–water partition coefficient (Wildman–Crippen LogP) is 1.31. The number of aliphatic hydroxyl groups excluding tert-OH is 2. The Hall–Kier alpha value is -3.68. The first-order chi connectivity index (χ1) is 19.3. The van der Waals surface area contributed by atoms with E-state index < -0.39 is 36.6 Å². The zero-order valence-corrected chi connectivity index (χ0v) is 22.1. The van der Waals surface area contributed by atoms with Crippen LogP contribution in [-0.2, 0) is 16.0 Å². The Balaban J connectivity index is 1.25. The number of hydrogen-bond acceptors (Lipinski definition) is 10. The van der Waals surface area contributed by atoms with E-state index in [1.165, 1.54) is 29.0 Å². The monoisotopic (exact) mass is 549 g/mol. The number of nitrogens with two attached hydrogens (primary N) is 2. The number of carboxylic acid groups (broad SMARTS) is 1. The first kappa shape index (κ1) is 27.9. The second-order valence-electron chi connectivity index (χ2n) is 10.3. The summed E-state index contributed by atoms with van der Waals surface area (Å²) in [5, 5.41) is 33.3. The molecule has 1 aliphatic rings. The lowest BCUT2D eigenvalue weighted by atomic mass is 10.0. The third-order valence-corrected chi connectivity index (χ3v) is 7.50. The number of anilines is 1. The molecule has 40 heavy (non-hydrogen) atoms. The van der Waals surface area contributed by atoms with Gasteiger partial charge in [-0.1, -0.05) is 42.5 Å². The smallest absolute Gasteiger partial charge is 0.320 e. The highest BCUT2D eigenvalue weighted by atomic mass is 16.6. The van der Waals surface area contributed by atoms with E-state index in [-0.39, 0.29) is 5.82 Å². The number of aliphatic hydroxyl groups is 2. The van der Waals surface area contributed by atoms with Crippen molar-refractivity contribution in [3.63, 3.8) is 0 Å². The highest BCUT2D eigenvalue weighted by Gasteiger charge is 2.44. The van der Waals surface area contributed by atoms with E-state index in [1.54, 1.807) is 4.57 Å². The molecule has 0 radical (unpaired) electrons. The number of aromatic nitrogens is 4. The van der Waals surface area contributed by atoms with Crippen LogP contribution in [0.3, 0.4) is 0 Å². The summed E-state index contributed by atoms with van der Waals surface area (Å²) in [5.74, 6) is -0.814. The normalized spacial score (nSPS) is 21.9. The third-order valence-electron chi connectivity index (χ3n) is 7.50. The number of nitrogen functional groups attached to an aromatic ring is 1. The van der Waals surface area contributed by atoms with E-state index in [9.17, 15) is 15.0 Å². The molecule has 0 bridgehead atoms. The minimum absolute atomic E-state index is 0.213. The van der Waals surface area contributed by atoms with Crippen LogP contribution in [0.25, 0.3) is 21.9 Å².